The molecule has 1 fully saturated rings. The van der Waals surface area contributed by atoms with Crippen molar-refractivity contribution in [1.82, 2.24) is 0 Å². The van der Waals surface area contributed by atoms with Crippen LogP contribution in [0, 0.1) is 0 Å². The maximum Gasteiger partial charge on any atom is 0.397 e. The number of allylic oxidation sites excluding steroid dienone is 12. The number of aliphatic hydroxyl groups excluding tert-OH is 3. The fourth-order valence-electron chi connectivity index (χ4n) is 8.17. The zero-order valence-corrected chi connectivity index (χ0v) is 44.6. The number of hydrogen-bond acceptors (Lipinski definition) is 11. The molecule has 406 valence electrons. The number of hydrogen-bond donors (Lipinski definition) is 4. The first kappa shape index (κ1) is 65.6. The summed E-state index contributed by atoms with van der Waals surface area (Å²) in [5.74, 6) is -0.407. The predicted molar refractivity (Wildman–Crippen MR) is 285 cm³/mol. The van der Waals surface area contributed by atoms with Crippen molar-refractivity contribution in [2.45, 2.75) is 256 Å². The Hall–Kier alpha value is -2.46. The van der Waals surface area contributed by atoms with Crippen molar-refractivity contribution in [3.8, 4) is 0 Å². The average Bonchev–Trinajstić information content (AvgIpc) is 3.34. The highest BCUT2D eigenvalue weighted by molar-refractivity contribution is 7.80. The molecule has 0 saturated carbocycles. The monoisotopic (exact) mass is 1010 g/mol. The lowest BCUT2D eigenvalue weighted by Gasteiger charge is -2.41. The largest absolute Gasteiger partial charge is 0.457 e. The van der Waals surface area contributed by atoms with Crippen LogP contribution in [0.4, 0.5) is 0 Å². The third kappa shape index (κ3) is 40.1. The van der Waals surface area contributed by atoms with Crippen LogP contribution < -0.4 is 0 Å². The van der Waals surface area contributed by atoms with Gasteiger partial charge in [0.1, 0.15) is 30.5 Å². The van der Waals surface area contributed by atoms with Crippen LogP contribution in [0.15, 0.2) is 72.9 Å². The van der Waals surface area contributed by atoms with Gasteiger partial charge in [0, 0.05) is 13.0 Å². The molecule has 0 amide bonds. The Morgan fingerprint density at radius 3 is 1.46 bits per heavy atom. The first-order valence-corrected chi connectivity index (χ1v) is 29.1. The Balaban J connectivity index is 2.33. The molecule has 70 heavy (non-hydrogen) atoms. The zero-order valence-electron chi connectivity index (χ0n) is 43.8. The van der Waals surface area contributed by atoms with Crippen LogP contribution in [-0.4, -0.2) is 97.5 Å². The van der Waals surface area contributed by atoms with E-state index in [1.807, 2.05) is 0 Å². The summed E-state index contributed by atoms with van der Waals surface area (Å²) < 4.78 is 59.4. The third-order valence-corrected chi connectivity index (χ3v) is 12.8. The quantitative estimate of drug-likeness (QED) is 0.0197. The fourth-order valence-corrected chi connectivity index (χ4v) is 8.67. The van der Waals surface area contributed by atoms with Crippen molar-refractivity contribution in [1.29, 1.82) is 0 Å². The molecule has 1 saturated heterocycles. The topological polar surface area (TPSA) is 178 Å². The molecular formula is C57H100O12S. The van der Waals surface area contributed by atoms with Crippen LogP contribution in [0.5, 0.6) is 0 Å². The minimum atomic E-state index is -5.07. The van der Waals surface area contributed by atoms with Gasteiger partial charge in [-0.05, 0) is 83.5 Å². The van der Waals surface area contributed by atoms with Gasteiger partial charge in [0.05, 0.1) is 19.8 Å². The summed E-state index contributed by atoms with van der Waals surface area (Å²) in [6.45, 7) is 3.88. The number of aliphatic hydroxyl groups is 3. The SMILES string of the molecule is CC/C=C\C/C=C\C/C=C\C/C=C\C/C=C\CCCCCCCCCCCC(=O)OC(COCCCCCCCCCC/C=C\CCCCCCCC)COC1OC(CO)C(O)C(OS(=O)(=O)O)C1O. The van der Waals surface area contributed by atoms with Gasteiger partial charge in [-0.2, -0.15) is 8.42 Å². The van der Waals surface area contributed by atoms with Crippen LogP contribution >= 0.6 is 0 Å². The first-order valence-electron chi connectivity index (χ1n) is 27.7. The number of carbonyl (C=O) groups is 1. The van der Waals surface area contributed by atoms with Crippen molar-refractivity contribution in [2.24, 2.45) is 0 Å². The molecule has 1 aliphatic rings. The third-order valence-electron chi connectivity index (χ3n) is 12.3. The van der Waals surface area contributed by atoms with E-state index in [2.05, 4.69) is 90.9 Å². The molecule has 0 aliphatic carbocycles. The molecule has 6 unspecified atom stereocenters. The standard InChI is InChI=1S/C57H100O12S/c1-3-5-7-9-11-13-15-17-19-21-23-24-25-26-27-28-29-30-32-34-36-38-40-42-44-46-53(59)67-51(50-66-57-55(61)56(69-70(62,63)64)54(60)52(48-58)68-57)49-65-47-45-43-41-39-37-35-33-31-22-20-18-16-14-12-10-8-6-4-2/h5,7,11,13,17-20,23-24,26-27,51-52,54-58,60-61H,3-4,6,8-10,12,14-16,21-22,25,28-50H2,1-2H3,(H,62,63,64)/b7-5-,13-11-,19-17-,20-18-,24-23-,27-26-. The van der Waals surface area contributed by atoms with Crippen LogP contribution in [0.3, 0.4) is 0 Å². The Kier molecular flexibility index (Phi) is 44.5. The number of ether oxygens (including phenoxy) is 4. The maximum absolute atomic E-state index is 12.9. The summed E-state index contributed by atoms with van der Waals surface area (Å²) in [5.41, 5.74) is 0. The van der Waals surface area contributed by atoms with Crippen molar-refractivity contribution in [2.75, 3.05) is 26.4 Å². The molecule has 0 bridgehead atoms. The Bertz CT molecular complexity index is 1490. The Morgan fingerprint density at radius 1 is 0.557 bits per heavy atom. The zero-order chi connectivity index (χ0) is 51.0. The summed E-state index contributed by atoms with van der Waals surface area (Å²) in [6.07, 6.45) is 53.6. The summed E-state index contributed by atoms with van der Waals surface area (Å²) >= 11 is 0. The molecule has 0 spiro atoms. The van der Waals surface area contributed by atoms with Gasteiger partial charge in [-0.15, -0.1) is 0 Å². The number of esters is 1. The Morgan fingerprint density at radius 2 is 0.986 bits per heavy atom. The highest BCUT2D eigenvalue weighted by atomic mass is 32.3. The lowest BCUT2D eigenvalue weighted by Crippen LogP contribution is -2.60. The lowest BCUT2D eigenvalue weighted by molar-refractivity contribution is -0.301. The van der Waals surface area contributed by atoms with E-state index in [1.54, 1.807) is 0 Å². The summed E-state index contributed by atoms with van der Waals surface area (Å²) in [6, 6.07) is 0. The van der Waals surface area contributed by atoms with Crippen molar-refractivity contribution in [3.05, 3.63) is 72.9 Å². The molecule has 4 N–H and O–H groups in total. The summed E-state index contributed by atoms with van der Waals surface area (Å²) in [7, 11) is -5.07. The van der Waals surface area contributed by atoms with Crippen molar-refractivity contribution in [3.63, 3.8) is 0 Å². The molecule has 0 radical (unpaired) electrons. The van der Waals surface area contributed by atoms with E-state index in [0.717, 1.165) is 77.0 Å². The van der Waals surface area contributed by atoms with Crippen LogP contribution in [-0.2, 0) is 38.3 Å². The molecule has 0 aromatic heterocycles. The van der Waals surface area contributed by atoms with Crippen molar-refractivity contribution < 1.29 is 56.2 Å². The Labute approximate surface area is 426 Å². The second-order valence-electron chi connectivity index (χ2n) is 18.8. The van der Waals surface area contributed by atoms with Gasteiger partial charge in [0.2, 0.25) is 0 Å². The fraction of sp³-hybridized carbons (Fsp3) is 0.772. The van der Waals surface area contributed by atoms with E-state index in [9.17, 15) is 33.1 Å². The first-order chi connectivity index (χ1) is 34.1. The van der Waals surface area contributed by atoms with E-state index in [0.29, 0.717) is 13.0 Å². The smallest absolute Gasteiger partial charge is 0.397 e. The van der Waals surface area contributed by atoms with Gasteiger partial charge in [-0.25, -0.2) is 4.18 Å². The molecule has 13 heteroatoms. The molecule has 12 nitrogen and oxygen atoms in total. The van der Waals surface area contributed by atoms with E-state index in [-0.39, 0.29) is 19.6 Å². The van der Waals surface area contributed by atoms with Gasteiger partial charge in [-0.1, -0.05) is 202 Å². The van der Waals surface area contributed by atoms with E-state index in [4.69, 9.17) is 18.9 Å². The lowest BCUT2D eigenvalue weighted by atomic mass is 9.99. The normalized spacial score (nSPS) is 19.7. The van der Waals surface area contributed by atoms with E-state index >= 15 is 0 Å². The number of unbranched alkanes of at least 4 members (excludes halogenated alkanes) is 23. The van der Waals surface area contributed by atoms with E-state index < -0.39 is 59.8 Å². The predicted octanol–water partition coefficient (Wildman–Crippen LogP) is 13.4. The van der Waals surface area contributed by atoms with Gasteiger partial charge in [0.25, 0.3) is 0 Å². The van der Waals surface area contributed by atoms with Gasteiger partial charge in [-0.3, -0.25) is 9.35 Å². The second kappa shape index (κ2) is 47.5. The molecule has 0 aromatic rings. The van der Waals surface area contributed by atoms with Gasteiger partial charge >= 0.3 is 16.4 Å². The molecule has 1 aliphatic heterocycles. The molecule has 0 aromatic carbocycles. The molecule has 1 rings (SSSR count). The second-order valence-corrected chi connectivity index (χ2v) is 19.8. The van der Waals surface area contributed by atoms with Crippen molar-refractivity contribution >= 4 is 16.4 Å². The van der Waals surface area contributed by atoms with Crippen LogP contribution in [0.2, 0.25) is 0 Å². The van der Waals surface area contributed by atoms with Crippen LogP contribution in [0.25, 0.3) is 0 Å². The van der Waals surface area contributed by atoms with Crippen LogP contribution in [0.1, 0.15) is 219 Å². The number of carbonyl (C=O) groups excluding carboxylic acids is 1. The summed E-state index contributed by atoms with van der Waals surface area (Å²) in [4.78, 5) is 12.9. The highest BCUT2D eigenvalue weighted by Crippen LogP contribution is 2.26. The van der Waals surface area contributed by atoms with E-state index in [1.165, 1.54) is 116 Å². The maximum atomic E-state index is 12.9. The molecule has 1 heterocycles. The van der Waals surface area contributed by atoms with Gasteiger partial charge < -0.3 is 34.3 Å². The minimum Gasteiger partial charge on any atom is -0.457 e. The highest BCUT2D eigenvalue weighted by Gasteiger charge is 2.48. The molecule has 6 atom stereocenters. The van der Waals surface area contributed by atoms with Gasteiger partial charge in [0.15, 0.2) is 6.29 Å². The number of rotatable bonds is 48. The minimum absolute atomic E-state index is 0.0290. The average molecular weight is 1010 g/mol. The molecular weight excluding hydrogens is 909 g/mol. The summed E-state index contributed by atoms with van der Waals surface area (Å²) in [5, 5.41) is 30.8.